The molecule has 1 aliphatic rings. The van der Waals surface area contributed by atoms with Gasteiger partial charge in [-0.05, 0) is 26.2 Å². The Bertz CT molecular complexity index is 216. The molecule has 0 aromatic heterocycles. The number of hydrazine groups is 1. The zero-order valence-electron chi connectivity index (χ0n) is 8.70. The fourth-order valence-corrected chi connectivity index (χ4v) is 1.24. The quantitative estimate of drug-likeness (QED) is 0.386. The normalized spacial score (nSPS) is 22.2. The van der Waals surface area contributed by atoms with E-state index in [2.05, 4.69) is 0 Å². The van der Waals surface area contributed by atoms with E-state index in [1.165, 1.54) is 5.01 Å². The molecule has 13 heavy (non-hydrogen) atoms. The van der Waals surface area contributed by atoms with E-state index in [0.717, 1.165) is 5.47 Å². The fraction of sp³-hybridized carbons (Fsp3) is 0.750. The van der Waals surface area contributed by atoms with Gasteiger partial charge in [-0.3, -0.25) is 0 Å². The molecule has 4 nitrogen and oxygen atoms in total. The molecule has 0 spiro atoms. The molecule has 0 bridgehead atoms. The molecule has 0 unspecified atom stereocenters. The molecule has 2 N–H and O–H groups in total. The summed E-state index contributed by atoms with van der Waals surface area (Å²) in [6.07, 6.45) is 1.80. The Hall–Kier alpha value is -0.515. The highest BCUT2D eigenvalue weighted by Gasteiger charge is 2.37. The van der Waals surface area contributed by atoms with E-state index < -0.39 is 0 Å². The summed E-state index contributed by atoms with van der Waals surface area (Å²) in [4.78, 5) is 0. The molecule has 74 valence electrons. The molecule has 1 rings (SSSR count). The molecule has 1 saturated heterocycles. The summed E-state index contributed by atoms with van der Waals surface area (Å²) >= 11 is 0. The van der Waals surface area contributed by atoms with Gasteiger partial charge in [0.25, 0.3) is 0 Å². The number of allylic oxidation sites excluding steroid dienone is 1. The van der Waals surface area contributed by atoms with Crippen molar-refractivity contribution in [2.24, 2.45) is 5.84 Å². The third-order valence-electron chi connectivity index (χ3n) is 1.79. The van der Waals surface area contributed by atoms with Crippen molar-refractivity contribution < 1.29 is 9.31 Å². The van der Waals surface area contributed by atoms with Crippen LogP contribution < -0.4 is 5.84 Å². The monoisotopic (exact) mass is 184 g/mol. The predicted octanol–water partition coefficient (Wildman–Crippen LogP) is 0.548. The van der Waals surface area contributed by atoms with Gasteiger partial charge >= 0.3 is 7.12 Å². The summed E-state index contributed by atoms with van der Waals surface area (Å²) < 4.78 is 11.1. The summed E-state index contributed by atoms with van der Waals surface area (Å²) in [6, 6.07) is 0. The fourth-order valence-electron chi connectivity index (χ4n) is 1.24. The van der Waals surface area contributed by atoms with Crippen molar-refractivity contribution in [2.75, 3.05) is 13.7 Å². The van der Waals surface area contributed by atoms with Crippen LogP contribution in [0, 0.1) is 0 Å². The van der Waals surface area contributed by atoms with Gasteiger partial charge in [-0.15, -0.1) is 0 Å². The second-order valence-corrected chi connectivity index (χ2v) is 4.06. The van der Waals surface area contributed by atoms with Gasteiger partial charge in [0, 0.05) is 13.2 Å². The van der Waals surface area contributed by atoms with Crippen LogP contribution in [0.3, 0.4) is 0 Å². The second kappa shape index (κ2) is 3.70. The lowest BCUT2D eigenvalue weighted by molar-refractivity contribution is 0.136. The van der Waals surface area contributed by atoms with Crippen molar-refractivity contribution in [3.8, 4) is 0 Å². The molecular formula is C8H17BN2O2. The minimum atomic E-state index is -0.249. The first kappa shape index (κ1) is 10.6. The van der Waals surface area contributed by atoms with Gasteiger partial charge in [0.05, 0.1) is 12.2 Å². The summed E-state index contributed by atoms with van der Waals surface area (Å²) in [5, 5.41) is 1.49. The average Bonchev–Trinajstić information content (AvgIpc) is 2.28. The topological polar surface area (TPSA) is 47.7 Å². The molecular weight excluding hydrogens is 167 g/mol. The predicted molar refractivity (Wildman–Crippen MR) is 52.6 cm³/mol. The highest BCUT2D eigenvalue weighted by atomic mass is 16.7. The standard InChI is InChI=1S/C8H17BN2O2/c1-7(5-11(4)10)9-12-6-8(2,3)13-9/h5H,6,10H2,1-4H3/b7-5+. The first-order chi connectivity index (χ1) is 5.91. The molecule has 1 aliphatic heterocycles. The van der Waals surface area contributed by atoms with E-state index in [-0.39, 0.29) is 12.7 Å². The van der Waals surface area contributed by atoms with E-state index >= 15 is 0 Å². The average molecular weight is 184 g/mol. The van der Waals surface area contributed by atoms with Crippen molar-refractivity contribution in [1.82, 2.24) is 5.01 Å². The van der Waals surface area contributed by atoms with Gasteiger partial charge in [0.2, 0.25) is 0 Å². The highest BCUT2D eigenvalue weighted by Crippen LogP contribution is 2.23. The van der Waals surface area contributed by atoms with Gasteiger partial charge in [0.1, 0.15) is 0 Å². The van der Waals surface area contributed by atoms with Crippen LogP contribution in [-0.4, -0.2) is 31.4 Å². The summed E-state index contributed by atoms with van der Waals surface area (Å²) in [6.45, 7) is 6.57. The molecule has 0 amide bonds. The van der Waals surface area contributed by atoms with E-state index in [9.17, 15) is 0 Å². The summed E-state index contributed by atoms with van der Waals surface area (Å²) in [5.41, 5.74) is 0.794. The van der Waals surface area contributed by atoms with Crippen molar-refractivity contribution in [1.29, 1.82) is 0 Å². The largest absolute Gasteiger partial charge is 0.491 e. The smallest absolute Gasteiger partial charge is 0.405 e. The van der Waals surface area contributed by atoms with Gasteiger partial charge in [-0.25, -0.2) is 5.84 Å². The molecule has 0 aromatic carbocycles. The van der Waals surface area contributed by atoms with Crippen molar-refractivity contribution in [3.05, 3.63) is 11.7 Å². The zero-order valence-corrected chi connectivity index (χ0v) is 8.70. The maximum Gasteiger partial charge on any atom is 0.491 e. The number of rotatable bonds is 2. The molecule has 0 saturated carbocycles. The van der Waals surface area contributed by atoms with Gasteiger partial charge < -0.3 is 14.3 Å². The van der Waals surface area contributed by atoms with Gasteiger partial charge in [-0.1, -0.05) is 0 Å². The Labute approximate surface area is 79.8 Å². The first-order valence-corrected chi connectivity index (χ1v) is 4.36. The Balaban J connectivity index is 2.56. The SMILES string of the molecule is C/C(=C\N(C)N)B1OCC(C)(C)O1. The van der Waals surface area contributed by atoms with Crippen LogP contribution in [0.1, 0.15) is 20.8 Å². The molecule has 5 heteroatoms. The van der Waals surface area contributed by atoms with Crippen LogP contribution in [-0.2, 0) is 9.31 Å². The third kappa shape index (κ3) is 3.02. The van der Waals surface area contributed by atoms with Gasteiger partial charge in [-0.2, -0.15) is 0 Å². The second-order valence-electron chi connectivity index (χ2n) is 4.06. The number of hydrogen-bond acceptors (Lipinski definition) is 4. The molecule has 0 aromatic rings. The minimum Gasteiger partial charge on any atom is -0.405 e. The number of nitrogens with two attached hydrogens (primary N) is 1. The Kier molecular flexibility index (Phi) is 3.00. The van der Waals surface area contributed by atoms with Crippen LogP contribution >= 0.6 is 0 Å². The Morgan fingerprint density at radius 1 is 1.62 bits per heavy atom. The maximum atomic E-state index is 5.64. The minimum absolute atomic E-state index is 0.188. The molecule has 0 atom stereocenters. The molecule has 1 heterocycles. The molecule has 1 fully saturated rings. The highest BCUT2D eigenvalue weighted by molar-refractivity contribution is 6.54. The number of nitrogens with zero attached hydrogens (tertiary/aromatic N) is 1. The Morgan fingerprint density at radius 3 is 2.62 bits per heavy atom. The lowest BCUT2D eigenvalue weighted by atomic mass is 9.80. The van der Waals surface area contributed by atoms with Crippen LogP contribution in [0.15, 0.2) is 11.7 Å². The number of hydrogen-bond donors (Lipinski definition) is 1. The van der Waals surface area contributed by atoms with Crippen molar-refractivity contribution in [2.45, 2.75) is 26.4 Å². The summed E-state index contributed by atoms with van der Waals surface area (Å²) in [5.74, 6) is 5.47. The summed E-state index contributed by atoms with van der Waals surface area (Å²) in [7, 11) is 1.52. The lowest BCUT2D eigenvalue weighted by Crippen LogP contribution is -2.27. The Morgan fingerprint density at radius 2 is 2.23 bits per heavy atom. The van der Waals surface area contributed by atoms with Crippen LogP contribution in [0.4, 0.5) is 0 Å². The van der Waals surface area contributed by atoms with Crippen LogP contribution in [0.2, 0.25) is 0 Å². The van der Waals surface area contributed by atoms with E-state index in [0.29, 0.717) is 6.61 Å². The van der Waals surface area contributed by atoms with Crippen molar-refractivity contribution >= 4 is 7.12 Å². The van der Waals surface area contributed by atoms with Gasteiger partial charge in [0.15, 0.2) is 0 Å². The lowest BCUT2D eigenvalue weighted by Gasteiger charge is -2.16. The van der Waals surface area contributed by atoms with Crippen molar-refractivity contribution in [3.63, 3.8) is 0 Å². The zero-order chi connectivity index (χ0) is 10.1. The van der Waals surface area contributed by atoms with E-state index in [4.69, 9.17) is 15.2 Å². The maximum absolute atomic E-state index is 5.64. The van der Waals surface area contributed by atoms with E-state index in [1.807, 2.05) is 20.8 Å². The van der Waals surface area contributed by atoms with E-state index in [1.54, 1.807) is 13.2 Å². The molecule has 0 radical (unpaired) electrons. The van der Waals surface area contributed by atoms with Crippen LogP contribution in [0.25, 0.3) is 0 Å². The molecule has 0 aliphatic carbocycles. The third-order valence-corrected chi connectivity index (χ3v) is 1.79. The first-order valence-electron chi connectivity index (χ1n) is 4.36. The van der Waals surface area contributed by atoms with Crippen LogP contribution in [0.5, 0.6) is 0 Å².